The van der Waals surface area contributed by atoms with Crippen LogP contribution in [0.25, 0.3) is 0 Å². The van der Waals surface area contributed by atoms with Crippen molar-refractivity contribution in [1.29, 1.82) is 0 Å². The smallest absolute Gasteiger partial charge is 0.271 e. The molecule has 0 saturated heterocycles. The molecule has 0 saturated carbocycles. The van der Waals surface area contributed by atoms with Crippen LogP contribution >= 0.6 is 27.5 Å². The Hall–Kier alpha value is -2.83. The summed E-state index contributed by atoms with van der Waals surface area (Å²) in [6, 6.07) is 19.9. The Labute approximate surface area is 182 Å². The van der Waals surface area contributed by atoms with Gasteiger partial charge in [0.1, 0.15) is 6.61 Å². The van der Waals surface area contributed by atoms with E-state index in [2.05, 4.69) is 26.5 Å². The number of nitrogens with one attached hydrogen (secondary N) is 1. The predicted octanol–water partition coefficient (Wildman–Crippen LogP) is 5.45. The van der Waals surface area contributed by atoms with Gasteiger partial charge in [-0.1, -0.05) is 48.0 Å². The van der Waals surface area contributed by atoms with Crippen molar-refractivity contribution in [3.63, 3.8) is 0 Å². The lowest BCUT2D eigenvalue weighted by Crippen LogP contribution is -2.17. The van der Waals surface area contributed by atoms with Gasteiger partial charge >= 0.3 is 0 Å². The number of carbonyl (C=O) groups excluding carboxylic acids is 1. The van der Waals surface area contributed by atoms with Crippen molar-refractivity contribution in [2.45, 2.75) is 6.61 Å². The van der Waals surface area contributed by atoms with Gasteiger partial charge in [0.25, 0.3) is 5.91 Å². The summed E-state index contributed by atoms with van der Waals surface area (Å²) < 4.78 is 12.1. The van der Waals surface area contributed by atoms with Gasteiger partial charge in [-0.25, -0.2) is 5.43 Å². The molecule has 3 aromatic carbocycles. The molecule has 0 bridgehead atoms. The number of rotatable bonds is 7. The molecule has 3 aromatic rings. The Morgan fingerprint density at radius 1 is 1.14 bits per heavy atom. The average Bonchev–Trinajstić information content (AvgIpc) is 2.74. The molecule has 148 valence electrons. The van der Waals surface area contributed by atoms with Crippen LogP contribution in [0, 0.1) is 0 Å². The fourth-order valence-electron chi connectivity index (χ4n) is 2.54. The lowest BCUT2D eigenvalue weighted by molar-refractivity contribution is 0.0955. The molecule has 1 N–H and O–H groups in total. The molecular formula is C22H18BrClN2O3. The van der Waals surface area contributed by atoms with Gasteiger partial charge in [-0.2, -0.15) is 5.10 Å². The van der Waals surface area contributed by atoms with E-state index in [1.54, 1.807) is 37.4 Å². The van der Waals surface area contributed by atoms with Crippen molar-refractivity contribution in [2.24, 2.45) is 5.10 Å². The van der Waals surface area contributed by atoms with E-state index in [1.165, 1.54) is 6.21 Å². The molecule has 0 spiro atoms. The molecule has 1 amide bonds. The fraction of sp³-hybridized carbons (Fsp3) is 0.0909. The fourth-order valence-corrected chi connectivity index (χ4v) is 3.30. The summed E-state index contributed by atoms with van der Waals surface area (Å²) in [5.74, 6) is 0.799. The molecule has 0 aliphatic rings. The van der Waals surface area contributed by atoms with Gasteiger partial charge in [0.05, 0.1) is 17.8 Å². The quantitative estimate of drug-likeness (QED) is 0.366. The number of nitrogens with zero attached hydrogens (tertiary/aromatic N) is 1. The second-order valence-corrected chi connectivity index (χ2v) is 7.24. The minimum Gasteiger partial charge on any atom is -0.493 e. The molecule has 0 aliphatic carbocycles. The monoisotopic (exact) mass is 472 g/mol. The lowest BCUT2D eigenvalue weighted by Gasteiger charge is -2.14. The van der Waals surface area contributed by atoms with Gasteiger partial charge in [-0.05, 0) is 51.8 Å². The number of amides is 1. The summed E-state index contributed by atoms with van der Waals surface area (Å²) >= 11 is 9.68. The zero-order valence-corrected chi connectivity index (χ0v) is 17.9. The van der Waals surface area contributed by atoms with Crippen LogP contribution < -0.4 is 14.9 Å². The molecule has 29 heavy (non-hydrogen) atoms. The summed E-state index contributed by atoms with van der Waals surface area (Å²) in [5, 5.41) is 4.65. The molecular weight excluding hydrogens is 456 g/mol. The van der Waals surface area contributed by atoms with Crippen LogP contribution in [-0.4, -0.2) is 19.2 Å². The van der Waals surface area contributed by atoms with Crippen LogP contribution in [0.5, 0.6) is 11.5 Å². The lowest BCUT2D eigenvalue weighted by atomic mass is 10.2. The SMILES string of the molecule is COc1cc(C=NNC(=O)c2ccccc2)cc(Br)c1OCc1ccccc1Cl. The predicted molar refractivity (Wildman–Crippen MR) is 118 cm³/mol. The van der Waals surface area contributed by atoms with Crippen molar-refractivity contribution in [3.8, 4) is 11.5 Å². The van der Waals surface area contributed by atoms with Crippen molar-refractivity contribution in [1.82, 2.24) is 5.43 Å². The minimum atomic E-state index is -0.285. The van der Waals surface area contributed by atoms with Gasteiger partial charge in [0.15, 0.2) is 11.5 Å². The zero-order chi connectivity index (χ0) is 20.6. The van der Waals surface area contributed by atoms with Crippen molar-refractivity contribution in [2.75, 3.05) is 7.11 Å². The number of hydrogen-bond donors (Lipinski definition) is 1. The van der Waals surface area contributed by atoms with E-state index in [0.29, 0.717) is 33.2 Å². The van der Waals surface area contributed by atoms with Crippen molar-refractivity contribution < 1.29 is 14.3 Å². The van der Waals surface area contributed by atoms with Crippen LogP contribution in [0.15, 0.2) is 76.3 Å². The highest BCUT2D eigenvalue weighted by atomic mass is 79.9. The number of ether oxygens (including phenoxy) is 2. The standard InChI is InChI=1S/C22H18BrClN2O3/c1-28-20-12-15(13-25-26-22(27)16-7-3-2-4-8-16)11-18(23)21(20)29-14-17-9-5-6-10-19(17)24/h2-13H,14H2,1H3,(H,26,27). The second kappa shape index (κ2) is 10.1. The highest BCUT2D eigenvalue weighted by Gasteiger charge is 2.12. The molecule has 0 atom stereocenters. The first-order valence-electron chi connectivity index (χ1n) is 8.70. The Balaban J connectivity index is 1.70. The Bertz CT molecular complexity index is 1030. The van der Waals surface area contributed by atoms with Gasteiger partial charge in [-0.15, -0.1) is 0 Å². The zero-order valence-electron chi connectivity index (χ0n) is 15.6. The maximum Gasteiger partial charge on any atom is 0.271 e. The third kappa shape index (κ3) is 5.59. The molecule has 0 aromatic heterocycles. The van der Waals surface area contributed by atoms with E-state index in [0.717, 1.165) is 11.1 Å². The molecule has 0 fully saturated rings. The van der Waals surface area contributed by atoms with Gasteiger partial charge in [0, 0.05) is 16.1 Å². The van der Waals surface area contributed by atoms with Crippen molar-refractivity contribution in [3.05, 3.63) is 92.9 Å². The number of methoxy groups -OCH3 is 1. The molecule has 0 radical (unpaired) electrons. The van der Waals surface area contributed by atoms with Crippen LogP contribution in [-0.2, 0) is 6.61 Å². The number of halogens is 2. The number of carbonyl (C=O) groups is 1. The third-order valence-corrected chi connectivity index (χ3v) is 4.96. The van der Waals surface area contributed by atoms with Crippen LogP contribution in [0.3, 0.4) is 0 Å². The van der Waals surface area contributed by atoms with E-state index in [-0.39, 0.29) is 5.91 Å². The van der Waals surface area contributed by atoms with E-state index >= 15 is 0 Å². The Kier molecular flexibility index (Phi) is 7.27. The maximum absolute atomic E-state index is 12.0. The second-order valence-electron chi connectivity index (χ2n) is 5.98. The first kappa shape index (κ1) is 20.9. The number of hydrazone groups is 1. The summed E-state index contributed by atoms with van der Waals surface area (Å²) in [6.07, 6.45) is 1.53. The van der Waals surface area contributed by atoms with Gasteiger partial charge in [-0.3, -0.25) is 4.79 Å². The van der Waals surface area contributed by atoms with Crippen LogP contribution in [0.4, 0.5) is 0 Å². The summed E-state index contributed by atoms with van der Waals surface area (Å²) in [4.78, 5) is 12.0. The molecule has 7 heteroatoms. The summed E-state index contributed by atoms with van der Waals surface area (Å²) in [5.41, 5.74) is 4.64. The molecule has 0 heterocycles. The largest absolute Gasteiger partial charge is 0.493 e. The summed E-state index contributed by atoms with van der Waals surface area (Å²) in [6.45, 7) is 0.301. The number of hydrogen-bond acceptors (Lipinski definition) is 4. The van der Waals surface area contributed by atoms with E-state index in [1.807, 2.05) is 36.4 Å². The van der Waals surface area contributed by atoms with Crippen LogP contribution in [0.2, 0.25) is 5.02 Å². The highest BCUT2D eigenvalue weighted by Crippen LogP contribution is 2.37. The van der Waals surface area contributed by atoms with E-state index < -0.39 is 0 Å². The number of benzene rings is 3. The Morgan fingerprint density at radius 2 is 1.86 bits per heavy atom. The molecule has 3 rings (SSSR count). The Morgan fingerprint density at radius 3 is 2.59 bits per heavy atom. The van der Waals surface area contributed by atoms with E-state index in [4.69, 9.17) is 21.1 Å². The first-order valence-corrected chi connectivity index (χ1v) is 9.87. The summed E-state index contributed by atoms with van der Waals surface area (Å²) in [7, 11) is 1.56. The molecule has 0 aliphatic heterocycles. The average molecular weight is 474 g/mol. The van der Waals surface area contributed by atoms with Gasteiger partial charge < -0.3 is 9.47 Å². The minimum absolute atomic E-state index is 0.285. The normalized spacial score (nSPS) is 10.7. The van der Waals surface area contributed by atoms with Crippen LogP contribution in [0.1, 0.15) is 21.5 Å². The maximum atomic E-state index is 12.0. The van der Waals surface area contributed by atoms with Crippen molar-refractivity contribution >= 4 is 39.7 Å². The first-order chi connectivity index (χ1) is 14.1. The van der Waals surface area contributed by atoms with E-state index in [9.17, 15) is 4.79 Å². The van der Waals surface area contributed by atoms with Gasteiger partial charge in [0.2, 0.25) is 0 Å². The highest BCUT2D eigenvalue weighted by molar-refractivity contribution is 9.10. The topological polar surface area (TPSA) is 59.9 Å². The molecule has 5 nitrogen and oxygen atoms in total. The third-order valence-electron chi connectivity index (χ3n) is 4.00. The molecule has 0 unspecified atom stereocenters.